The molecule has 0 radical (unpaired) electrons. The van der Waals surface area contributed by atoms with Crippen molar-refractivity contribution < 1.29 is 4.79 Å². The molecule has 2 heteroatoms. The summed E-state index contributed by atoms with van der Waals surface area (Å²) in [6, 6.07) is 26.2. The second-order valence-electron chi connectivity index (χ2n) is 7.03. The van der Waals surface area contributed by atoms with E-state index in [1.54, 1.807) is 0 Å². The van der Waals surface area contributed by atoms with E-state index >= 15 is 0 Å². The van der Waals surface area contributed by atoms with Gasteiger partial charge in [0.1, 0.15) is 0 Å². The van der Waals surface area contributed by atoms with E-state index in [4.69, 9.17) is 0 Å². The molecule has 1 amide bonds. The molecule has 4 rings (SSSR count). The van der Waals surface area contributed by atoms with Crippen LogP contribution in [0.25, 0.3) is 11.1 Å². The standard InChI is InChI=1S/C24H23NO/c1-2-17-16-23(17)19-11-13-22(14-12-19)25-24(26)21-10-6-9-20(15-21)18-7-4-3-5-8-18/h3-15,17,23H,2,16H2,1H3,(H,25,26). The molecule has 0 aliphatic heterocycles. The molecule has 0 heterocycles. The smallest absolute Gasteiger partial charge is 0.255 e. The van der Waals surface area contributed by atoms with Gasteiger partial charge in [0.25, 0.3) is 5.91 Å². The number of anilines is 1. The van der Waals surface area contributed by atoms with Gasteiger partial charge in [-0.25, -0.2) is 0 Å². The molecule has 1 aliphatic carbocycles. The number of carbonyl (C=O) groups excluding carboxylic acids is 1. The van der Waals surface area contributed by atoms with Gasteiger partial charge in [0, 0.05) is 11.3 Å². The Morgan fingerprint density at radius 3 is 2.35 bits per heavy atom. The quantitative estimate of drug-likeness (QED) is 0.595. The van der Waals surface area contributed by atoms with Crippen molar-refractivity contribution in [1.82, 2.24) is 0 Å². The maximum Gasteiger partial charge on any atom is 0.255 e. The van der Waals surface area contributed by atoms with Gasteiger partial charge in [-0.2, -0.15) is 0 Å². The van der Waals surface area contributed by atoms with E-state index in [-0.39, 0.29) is 5.91 Å². The Balaban J connectivity index is 1.47. The van der Waals surface area contributed by atoms with Gasteiger partial charge in [-0.1, -0.05) is 67.9 Å². The molecule has 0 aromatic heterocycles. The van der Waals surface area contributed by atoms with Crippen LogP contribution >= 0.6 is 0 Å². The highest BCUT2D eigenvalue weighted by Crippen LogP contribution is 2.49. The first-order chi connectivity index (χ1) is 12.7. The maximum atomic E-state index is 12.6. The number of hydrogen-bond donors (Lipinski definition) is 1. The van der Waals surface area contributed by atoms with Crippen molar-refractivity contribution in [1.29, 1.82) is 0 Å². The summed E-state index contributed by atoms with van der Waals surface area (Å²) in [6.07, 6.45) is 2.55. The van der Waals surface area contributed by atoms with Gasteiger partial charge in [-0.15, -0.1) is 0 Å². The summed E-state index contributed by atoms with van der Waals surface area (Å²) < 4.78 is 0. The predicted molar refractivity (Wildman–Crippen MR) is 107 cm³/mol. The van der Waals surface area contributed by atoms with Crippen LogP contribution in [-0.4, -0.2) is 5.91 Å². The Labute approximate surface area is 154 Å². The van der Waals surface area contributed by atoms with Crippen molar-refractivity contribution in [2.45, 2.75) is 25.7 Å². The number of carbonyl (C=O) groups is 1. The van der Waals surface area contributed by atoms with Gasteiger partial charge in [0.15, 0.2) is 0 Å². The Bertz CT molecular complexity index is 899. The Morgan fingerprint density at radius 2 is 1.65 bits per heavy atom. The Hall–Kier alpha value is -2.87. The van der Waals surface area contributed by atoms with Crippen molar-refractivity contribution in [2.75, 3.05) is 5.32 Å². The Morgan fingerprint density at radius 1 is 0.923 bits per heavy atom. The zero-order valence-corrected chi connectivity index (χ0v) is 15.0. The molecule has 1 saturated carbocycles. The van der Waals surface area contributed by atoms with Crippen LogP contribution in [-0.2, 0) is 0 Å². The van der Waals surface area contributed by atoms with E-state index in [1.807, 2.05) is 54.6 Å². The third-order valence-electron chi connectivity index (χ3n) is 5.28. The van der Waals surface area contributed by atoms with Crippen molar-refractivity contribution in [2.24, 2.45) is 5.92 Å². The number of benzene rings is 3. The lowest BCUT2D eigenvalue weighted by molar-refractivity contribution is 0.102. The average Bonchev–Trinajstić information content (AvgIpc) is 3.49. The summed E-state index contributed by atoms with van der Waals surface area (Å²) in [5.74, 6) is 1.48. The Kier molecular flexibility index (Phi) is 4.57. The lowest BCUT2D eigenvalue weighted by Gasteiger charge is -2.08. The normalized spacial score (nSPS) is 18.3. The van der Waals surface area contributed by atoms with Gasteiger partial charge >= 0.3 is 0 Å². The molecular formula is C24H23NO. The third kappa shape index (κ3) is 3.55. The summed E-state index contributed by atoms with van der Waals surface area (Å²) in [5.41, 5.74) is 5.07. The maximum absolute atomic E-state index is 12.6. The summed E-state index contributed by atoms with van der Waals surface area (Å²) in [6.45, 7) is 2.25. The van der Waals surface area contributed by atoms with Crippen LogP contribution < -0.4 is 5.32 Å². The molecule has 1 fully saturated rings. The summed E-state index contributed by atoms with van der Waals surface area (Å²) >= 11 is 0. The SMILES string of the molecule is CCC1CC1c1ccc(NC(=O)c2cccc(-c3ccccc3)c2)cc1. The van der Waals surface area contributed by atoms with Crippen LogP contribution in [0.1, 0.15) is 41.6 Å². The van der Waals surface area contributed by atoms with Crippen molar-refractivity contribution in [3.63, 3.8) is 0 Å². The topological polar surface area (TPSA) is 29.1 Å². The van der Waals surface area contributed by atoms with Crippen molar-refractivity contribution in [3.05, 3.63) is 90.0 Å². The van der Waals surface area contributed by atoms with Crippen LogP contribution in [0.4, 0.5) is 5.69 Å². The van der Waals surface area contributed by atoms with Crippen molar-refractivity contribution >= 4 is 11.6 Å². The van der Waals surface area contributed by atoms with Crippen LogP contribution in [0.15, 0.2) is 78.9 Å². The number of hydrogen-bond acceptors (Lipinski definition) is 1. The first kappa shape index (κ1) is 16.6. The third-order valence-corrected chi connectivity index (χ3v) is 5.28. The van der Waals surface area contributed by atoms with Crippen molar-refractivity contribution in [3.8, 4) is 11.1 Å². The average molecular weight is 341 g/mol. The van der Waals surface area contributed by atoms with E-state index in [1.165, 1.54) is 18.4 Å². The van der Waals surface area contributed by atoms with Crippen LogP contribution in [0.5, 0.6) is 0 Å². The van der Waals surface area contributed by atoms with E-state index < -0.39 is 0 Å². The fourth-order valence-corrected chi connectivity index (χ4v) is 3.59. The van der Waals surface area contributed by atoms with Gasteiger partial charge in [-0.05, 0) is 59.2 Å². The van der Waals surface area contributed by atoms with Gasteiger partial charge in [0.05, 0.1) is 0 Å². The minimum Gasteiger partial charge on any atom is -0.322 e. The number of rotatable bonds is 5. The van der Waals surface area contributed by atoms with E-state index in [0.717, 1.165) is 22.7 Å². The minimum atomic E-state index is -0.0756. The molecule has 3 aromatic rings. The van der Waals surface area contributed by atoms with Crippen LogP contribution in [0.3, 0.4) is 0 Å². The van der Waals surface area contributed by atoms with Gasteiger partial charge < -0.3 is 5.32 Å². The molecule has 26 heavy (non-hydrogen) atoms. The summed E-state index contributed by atoms with van der Waals surface area (Å²) in [5, 5.41) is 3.01. The molecule has 3 aromatic carbocycles. The van der Waals surface area contributed by atoms with Crippen LogP contribution in [0, 0.1) is 5.92 Å². The summed E-state index contributed by atoms with van der Waals surface area (Å²) in [4.78, 5) is 12.6. The zero-order chi connectivity index (χ0) is 17.9. The van der Waals surface area contributed by atoms with Crippen LogP contribution in [0.2, 0.25) is 0 Å². The molecule has 2 atom stereocenters. The molecule has 1 N–H and O–H groups in total. The fraction of sp³-hybridized carbons (Fsp3) is 0.208. The van der Waals surface area contributed by atoms with E-state index in [0.29, 0.717) is 11.5 Å². The highest BCUT2D eigenvalue weighted by Gasteiger charge is 2.36. The lowest BCUT2D eigenvalue weighted by Crippen LogP contribution is -2.11. The summed E-state index contributed by atoms with van der Waals surface area (Å²) in [7, 11) is 0. The highest BCUT2D eigenvalue weighted by atomic mass is 16.1. The second-order valence-corrected chi connectivity index (χ2v) is 7.03. The molecule has 2 unspecified atom stereocenters. The molecule has 0 saturated heterocycles. The zero-order valence-electron chi connectivity index (χ0n) is 15.0. The van der Waals surface area contributed by atoms with E-state index in [2.05, 4.69) is 36.5 Å². The lowest BCUT2D eigenvalue weighted by atomic mass is 10.0. The molecule has 0 spiro atoms. The molecule has 2 nitrogen and oxygen atoms in total. The first-order valence-corrected chi connectivity index (χ1v) is 9.31. The van der Waals surface area contributed by atoms with Gasteiger partial charge in [-0.3, -0.25) is 4.79 Å². The fourth-order valence-electron chi connectivity index (χ4n) is 3.59. The molecule has 0 bridgehead atoms. The number of nitrogens with one attached hydrogen (secondary N) is 1. The number of amides is 1. The monoisotopic (exact) mass is 341 g/mol. The predicted octanol–water partition coefficient (Wildman–Crippen LogP) is 6.12. The molecular weight excluding hydrogens is 318 g/mol. The van der Waals surface area contributed by atoms with Gasteiger partial charge in [0.2, 0.25) is 0 Å². The second kappa shape index (κ2) is 7.17. The highest BCUT2D eigenvalue weighted by molar-refractivity contribution is 6.05. The van der Waals surface area contributed by atoms with E-state index in [9.17, 15) is 4.79 Å². The first-order valence-electron chi connectivity index (χ1n) is 9.31. The molecule has 130 valence electrons. The largest absolute Gasteiger partial charge is 0.322 e. The molecule has 1 aliphatic rings. The minimum absolute atomic E-state index is 0.0756.